The number of hydrogen-bond acceptors (Lipinski definition) is 2. The van der Waals surface area contributed by atoms with E-state index in [-0.39, 0.29) is 5.78 Å². The molecule has 0 aromatic rings. The Bertz CT molecular complexity index is 249. The summed E-state index contributed by atoms with van der Waals surface area (Å²) in [6, 6.07) is 0. The first-order valence-corrected chi connectivity index (χ1v) is 7.37. The van der Waals surface area contributed by atoms with Crippen molar-refractivity contribution in [1.82, 2.24) is 0 Å². The first-order chi connectivity index (χ1) is 8.83. The van der Waals surface area contributed by atoms with Gasteiger partial charge in [-0.1, -0.05) is 0 Å². The van der Waals surface area contributed by atoms with Crippen molar-refractivity contribution >= 4 is 11.8 Å². The number of rotatable bonds is 12. The van der Waals surface area contributed by atoms with Gasteiger partial charge in [-0.3, -0.25) is 4.79 Å². The van der Waals surface area contributed by atoms with Gasteiger partial charge >= 0.3 is 5.97 Å². The largest absolute Gasteiger partial charge is 0.481 e. The zero-order chi connectivity index (χ0) is 14.7. The van der Waals surface area contributed by atoms with Crippen LogP contribution in [0.2, 0.25) is 0 Å². The molecule has 0 aromatic carbocycles. The van der Waals surface area contributed by atoms with E-state index in [0.717, 1.165) is 56.1 Å². The number of Topliss-reactive ketones (excluding diaryl/α,β-unsaturated/α-hetero) is 1. The van der Waals surface area contributed by atoms with E-state index in [1.54, 1.807) is 6.92 Å². The summed E-state index contributed by atoms with van der Waals surface area (Å²) in [5, 5.41) is 8.55. The molecule has 112 valence electrons. The number of carboxylic acids is 1. The molecule has 0 atom stereocenters. The number of hydrogen-bond donors (Lipinski definition) is 1. The molecule has 0 rings (SSSR count). The molecule has 0 radical (unpaired) electrons. The lowest BCUT2D eigenvalue weighted by atomic mass is 10.1. The molecule has 0 spiro atoms. The summed E-state index contributed by atoms with van der Waals surface area (Å²) in [6.45, 7) is 3.89. The zero-order valence-electron chi connectivity index (χ0n) is 12.8. The minimum Gasteiger partial charge on any atom is -0.481 e. The molecule has 0 bridgehead atoms. The van der Waals surface area contributed by atoms with Crippen LogP contribution < -0.4 is 0 Å². The van der Waals surface area contributed by atoms with Gasteiger partial charge in [0.25, 0.3) is 0 Å². The molecule has 4 nitrogen and oxygen atoms in total. The summed E-state index contributed by atoms with van der Waals surface area (Å²) in [5.74, 6) is -0.411. The highest BCUT2D eigenvalue weighted by atomic mass is 16.4. The van der Waals surface area contributed by atoms with Gasteiger partial charge in [-0.05, 0) is 45.4 Å². The zero-order valence-corrected chi connectivity index (χ0v) is 12.8. The number of nitrogens with zero attached hydrogens (tertiary/aromatic N) is 1. The number of quaternary nitrogens is 1. The summed E-state index contributed by atoms with van der Waals surface area (Å²) in [7, 11) is 4.45. The summed E-state index contributed by atoms with van der Waals surface area (Å²) < 4.78 is 0.993. The third-order valence-electron chi connectivity index (χ3n) is 3.45. The van der Waals surface area contributed by atoms with E-state index in [0.29, 0.717) is 12.8 Å². The normalized spacial score (nSPS) is 11.5. The fourth-order valence-corrected chi connectivity index (χ4v) is 2.20. The van der Waals surface area contributed by atoms with Crippen molar-refractivity contribution in [3.05, 3.63) is 0 Å². The molecule has 1 N–H and O–H groups in total. The van der Waals surface area contributed by atoms with Gasteiger partial charge in [0.05, 0.1) is 27.2 Å². The standard InChI is InChI=1S/C15H29NO3/c1-14(17)10-6-4-8-12-16(2,3)13-9-5-7-11-15(18)19/h4-13H2,1-3H3/p+1. The molecule has 0 aliphatic heterocycles. The molecular formula is C15H30NO3+. The van der Waals surface area contributed by atoms with Gasteiger partial charge < -0.3 is 14.4 Å². The maximum absolute atomic E-state index is 10.8. The van der Waals surface area contributed by atoms with Crippen LogP contribution in [0.3, 0.4) is 0 Å². The summed E-state index contributed by atoms with van der Waals surface area (Å²) in [6.07, 6.45) is 7.17. The lowest BCUT2D eigenvalue weighted by Crippen LogP contribution is -2.41. The lowest BCUT2D eigenvalue weighted by Gasteiger charge is -2.30. The number of carboxylic acid groups (broad SMARTS) is 1. The summed E-state index contributed by atoms with van der Waals surface area (Å²) >= 11 is 0. The highest BCUT2D eigenvalue weighted by Crippen LogP contribution is 2.09. The van der Waals surface area contributed by atoms with E-state index in [9.17, 15) is 9.59 Å². The quantitative estimate of drug-likeness (QED) is 0.439. The van der Waals surface area contributed by atoms with Crippen molar-refractivity contribution in [2.45, 2.75) is 58.3 Å². The van der Waals surface area contributed by atoms with Gasteiger partial charge in [0.15, 0.2) is 0 Å². The maximum Gasteiger partial charge on any atom is 0.303 e. The topological polar surface area (TPSA) is 54.4 Å². The van der Waals surface area contributed by atoms with E-state index in [2.05, 4.69) is 14.1 Å². The second-order valence-corrected chi connectivity index (χ2v) is 6.10. The Morgan fingerprint density at radius 3 is 1.74 bits per heavy atom. The van der Waals surface area contributed by atoms with Gasteiger partial charge in [0.1, 0.15) is 5.78 Å². The summed E-state index contributed by atoms with van der Waals surface area (Å²) in [4.78, 5) is 21.2. The van der Waals surface area contributed by atoms with Crippen LogP contribution in [0, 0.1) is 0 Å². The molecule has 0 saturated heterocycles. The minimum atomic E-state index is -0.695. The van der Waals surface area contributed by atoms with Gasteiger partial charge in [-0.2, -0.15) is 0 Å². The van der Waals surface area contributed by atoms with Crippen LogP contribution in [0.4, 0.5) is 0 Å². The number of ketones is 1. The van der Waals surface area contributed by atoms with Crippen LogP contribution in [0.5, 0.6) is 0 Å². The second kappa shape index (κ2) is 9.96. The van der Waals surface area contributed by atoms with E-state index in [1.165, 1.54) is 0 Å². The smallest absolute Gasteiger partial charge is 0.303 e. The number of unbranched alkanes of at least 4 members (excludes halogenated alkanes) is 4. The number of aliphatic carboxylic acids is 1. The van der Waals surface area contributed by atoms with Crippen molar-refractivity contribution < 1.29 is 19.2 Å². The number of carbonyl (C=O) groups is 2. The lowest BCUT2D eigenvalue weighted by molar-refractivity contribution is -0.890. The van der Waals surface area contributed by atoms with Crippen molar-refractivity contribution in [1.29, 1.82) is 0 Å². The van der Waals surface area contributed by atoms with Crippen LogP contribution in [0.1, 0.15) is 58.3 Å². The Labute approximate surface area is 117 Å². The van der Waals surface area contributed by atoms with Gasteiger partial charge in [-0.15, -0.1) is 0 Å². The second-order valence-electron chi connectivity index (χ2n) is 6.10. The Kier molecular flexibility index (Phi) is 9.48. The van der Waals surface area contributed by atoms with Gasteiger partial charge in [-0.25, -0.2) is 0 Å². The molecular weight excluding hydrogens is 242 g/mol. The predicted octanol–water partition coefficient (Wildman–Crippen LogP) is 2.86. The van der Waals surface area contributed by atoms with Crippen LogP contribution in [0.25, 0.3) is 0 Å². The fourth-order valence-electron chi connectivity index (χ4n) is 2.20. The third kappa shape index (κ3) is 13.3. The predicted molar refractivity (Wildman–Crippen MR) is 77.1 cm³/mol. The molecule has 0 fully saturated rings. The molecule has 0 unspecified atom stereocenters. The van der Waals surface area contributed by atoms with Gasteiger partial charge in [0, 0.05) is 12.8 Å². The van der Waals surface area contributed by atoms with Crippen LogP contribution >= 0.6 is 0 Å². The average Bonchev–Trinajstić information content (AvgIpc) is 2.27. The highest BCUT2D eigenvalue weighted by molar-refractivity contribution is 5.75. The molecule has 0 aliphatic rings. The SMILES string of the molecule is CC(=O)CCCCC[N+](C)(C)CCCCCC(=O)O. The molecule has 0 aromatic heterocycles. The Morgan fingerprint density at radius 2 is 1.32 bits per heavy atom. The van der Waals surface area contributed by atoms with Crippen LogP contribution in [0.15, 0.2) is 0 Å². The van der Waals surface area contributed by atoms with Crippen molar-refractivity contribution in [2.75, 3.05) is 27.2 Å². The van der Waals surface area contributed by atoms with Crippen molar-refractivity contribution in [3.8, 4) is 0 Å². The fraction of sp³-hybridized carbons (Fsp3) is 0.867. The minimum absolute atomic E-state index is 0.284. The summed E-state index contributed by atoms with van der Waals surface area (Å²) in [5.41, 5.74) is 0. The monoisotopic (exact) mass is 272 g/mol. The maximum atomic E-state index is 10.8. The van der Waals surface area contributed by atoms with E-state index < -0.39 is 5.97 Å². The Balaban J connectivity index is 3.51. The molecule has 19 heavy (non-hydrogen) atoms. The van der Waals surface area contributed by atoms with Crippen LogP contribution in [-0.4, -0.2) is 48.5 Å². The first kappa shape index (κ1) is 18.1. The van der Waals surface area contributed by atoms with E-state index in [4.69, 9.17) is 5.11 Å². The number of carbonyl (C=O) groups excluding carboxylic acids is 1. The first-order valence-electron chi connectivity index (χ1n) is 7.37. The van der Waals surface area contributed by atoms with E-state index >= 15 is 0 Å². The van der Waals surface area contributed by atoms with Crippen molar-refractivity contribution in [2.24, 2.45) is 0 Å². The van der Waals surface area contributed by atoms with Gasteiger partial charge in [0.2, 0.25) is 0 Å². The molecule has 0 aliphatic carbocycles. The average molecular weight is 272 g/mol. The Hall–Kier alpha value is -0.900. The van der Waals surface area contributed by atoms with E-state index in [1.807, 2.05) is 0 Å². The molecule has 0 saturated carbocycles. The van der Waals surface area contributed by atoms with Crippen molar-refractivity contribution in [3.63, 3.8) is 0 Å². The van der Waals surface area contributed by atoms with Crippen LogP contribution in [-0.2, 0) is 9.59 Å². The Morgan fingerprint density at radius 1 is 0.842 bits per heavy atom. The molecule has 0 amide bonds. The molecule has 0 heterocycles. The highest BCUT2D eigenvalue weighted by Gasteiger charge is 2.13. The third-order valence-corrected chi connectivity index (χ3v) is 3.45. The molecule has 4 heteroatoms.